The van der Waals surface area contributed by atoms with Crippen molar-refractivity contribution in [2.45, 2.75) is 50.4 Å². The number of aromatic nitrogens is 2. The third-order valence-electron chi connectivity index (χ3n) is 4.03. The van der Waals surface area contributed by atoms with Crippen molar-refractivity contribution in [2.75, 3.05) is 6.61 Å². The molecule has 1 fully saturated rings. The largest absolute Gasteiger partial charge is 0.435 e. The van der Waals surface area contributed by atoms with Crippen molar-refractivity contribution in [2.24, 2.45) is 0 Å². The number of halogens is 5. The van der Waals surface area contributed by atoms with Crippen molar-refractivity contribution >= 4 is 5.78 Å². The maximum Gasteiger partial charge on any atom is 0.435 e. The Morgan fingerprint density at radius 1 is 1.27 bits per heavy atom. The Labute approximate surface area is 122 Å². The minimum atomic E-state index is -4.94. The van der Waals surface area contributed by atoms with Crippen LogP contribution in [0, 0.1) is 0 Å². The van der Waals surface area contributed by atoms with E-state index >= 15 is 0 Å². The third kappa shape index (κ3) is 2.22. The summed E-state index contributed by atoms with van der Waals surface area (Å²) in [6.07, 6.45) is -9.53. The Bertz CT molecular complexity index is 612. The van der Waals surface area contributed by atoms with E-state index in [1.54, 1.807) is 6.92 Å². The van der Waals surface area contributed by atoms with E-state index in [1.807, 2.05) is 0 Å². The predicted molar refractivity (Wildman–Crippen MR) is 64.0 cm³/mol. The maximum absolute atomic E-state index is 14.0. The first-order valence-electron chi connectivity index (χ1n) is 6.85. The Balaban J connectivity index is 2.13. The quantitative estimate of drug-likeness (QED) is 0.745. The van der Waals surface area contributed by atoms with E-state index in [0.717, 1.165) is 4.68 Å². The number of nitrogens with zero attached hydrogens (tertiary/aromatic N) is 2. The molecular formula is C13H13F5N2O2. The summed E-state index contributed by atoms with van der Waals surface area (Å²) in [5.41, 5.74) is -3.06. The lowest BCUT2D eigenvalue weighted by Gasteiger charge is -2.28. The van der Waals surface area contributed by atoms with E-state index in [9.17, 15) is 26.7 Å². The average molecular weight is 324 g/mol. The van der Waals surface area contributed by atoms with Crippen molar-refractivity contribution in [3.05, 3.63) is 17.0 Å². The predicted octanol–water partition coefficient (Wildman–Crippen LogP) is 3.19. The molecule has 4 nitrogen and oxygen atoms in total. The molecule has 0 unspecified atom stereocenters. The van der Waals surface area contributed by atoms with Gasteiger partial charge in [0.1, 0.15) is 0 Å². The molecule has 0 aromatic carbocycles. The first kappa shape index (κ1) is 15.4. The van der Waals surface area contributed by atoms with E-state index in [-0.39, 0.29) is 12.7 Å². The molecule has 2 aliphatic rings. The number of rotatable bonds is 1. The zero-order chi connectivity index (χ0) is 16.2. The number of ether oxygens (including phenoxy) is 1. The zero-order valence-corrected chi connectivity index (χ0v) is 11.5. The monoisotopic (exact) mass is 324 g/mol. The Morgan fingerprint density at radius 3 is 2.55 bits per heavy atom. The summed E-state index contributed by atoms with van der Waals surface area (Å²) in [6, 6.07) is -0.551. The van der Waals surface area contributed by atoms with Gasteiger partial charge in [0.25, 0.3) is 0 Å². The molecule has 2 heterocycles. The molecule has 9 heteroatoms. The van der Waals surface area contributed by atoms with E-state index in [4.69, 9.17) is 4.74 Å². The van der Waals surface area contributed by atoms with E-state index in [2.05, 4.69) is 5.10 Å². The average Bonchev–Trinajstić information content (AvgIpc) is 2.93. The number of Topliss-reactive ketones (excluding diaryl/α,β-unsaturated/α-hetero) is 1. The summed E-state index contributed by atoms with van der Waals surface area (Å²) < 4.78 is 72.8. The molecule has 1 saturated heterocycles. The van der Waals surface area contributed by atoms with Crippen LogP contribution in [0.15, 0.2) is 0 Å². The Kier molecular flexibility index (Phi) is 3.50. The molecule has 0 amide bonds. The summed E-state index contributed by atoms with van der Waals surface area (Å²) in [5, 5.41) is 3.41. The van der Waals surface area contributed by atoms with Gasteiger partial charge in [-0.2, -0.15) is 18.3 Å². The topological polar surface area (TPSA) is 44.1 Å². The molecule has 1 aliphatic carbocycles. The van der Waals surface area contributed by atoms with Crippen LogP contribution in [-0.4, -0.2) is 34.4 Å². The van der Waals surface area contributed by atoms with E-state index in [1.165, 1.54) is 0 Å². The van der Waals surface area contributed by atoms with Crippen molar-refractivity contribution in [3.8, 4) is 0 Å². The number of alkyl halides is 5. The fraction of sp³-hybridized carbons (Fsp3) is 0.692. The number of carbonyl (C=O) groups excluding carboxylic acids is 1. The van der Waals surface area contributed by atoms with Crippen LogP contribution in [0.25, 0.3) is 0 Å². The third-order valence-corrected chi connectivity index (χ3v) is 4.03. The summed E-state index contributed by atoms with van der Waals surface area (Å²) in [7, 11) is 0. The van der Waals surface area contributed by atoms with Gasteiger partial charge in [-0.3, -0.25) is 9.48 Å². The second kappa shape index (κ2) is 5.00. The molecular weight excluding hydrogens is 311 g/mol. The van der Waals surface area contributed by atoms with Gasteiger partial charge in [-0.15, -0.1) is 0 Å². The summed E-state index contributed by atoms with van der Waals surface area (Å²) in [6.45, 7) is 2.02. The molecule has 1 aliphatic heterocycles. The molecule has 1 aromatic heterocycles. The zero-order valence-electron chi connectivity index (χ0n) is 11.5. The normalized spacial score (nSPS) is 32.4. The SMILES string of the molecule is C[C@@H]1C[C@@H](n2nc(C(F)(F)F)c3c2[C@@H](F)[C@@H](F)C3=O)CCO1. The van der Waals surface area contributed by atoms with Crippen LogP contribution in [0.3, 0.4) is 0 Å². The van der Waals surface area contributed by atoms with Crippen LogP contribution in [0.1, 0.15) is 53.7 Å². The smallest absolute Gasteiger partial charge is 0.378 e. The van der Waals surface area contributed by atoms with Crippen LogP contribution in [0.2, 0.25) is 0 Å². The number of hydrogen-bond donors (Lipinski definition) is 0. The molecule has 3 rings (SSSR count). The molecule has 4 atom stereocenters. The second-order valence-corrected chi connectivity index (χ2v) is 5.58. The van der Waals surface area contributed by atoms with Gasteiger partial charge in [-0.05, 0) is 19.8 Å². The highest BCUT2D eigenvalue weighted by Gasteiger charge is 2.52. The maximum atomic E-state index is 14.0. The number of ketones is 1. The highest BCUT2D eigenvalue weighted by atomic mass is 19.4. The first-order chi connectivity index (χ1) is 10.2. The van der Waals surface area contributed by atoms with Crippen molar-refractivity contribution in [3.63, 3.8) is 0 Å². The van der Waals surface area contributed by atoms with Crippen LogP contribution in [-0.2, 0) is 10.9 Å². The highest BCUT2D eigenvalue weighted by molar-refractivity contribution is 6.05. The number of carbonyl (C=O) groups is 1. The van der Waals surface area contributed by atoms with Gasteiger partial charge in [0.15, 0.2) is 18.0 Å². The summed E-state index contributed by atoms with van der Waals surface area (Å²) in [4.78, 5) is 11.6. The lowest BCUT2D eigenvalue weighted by Crippen LogP contribution is -2.28. The number of hydrogen-bond acceptors (Lipinski definition) is 3. The number of fused-ring (bicyclic) bond motifs is 1. The molecule has 0 spiro atoms. The fourth-order valence-corrected chi connectivity index (χ4v) is 3.04. The molecule has 0 radical (unpaired) electrons. The van der Waals surface area contributed by atoms with Crippen molar-refractivity contribution in [1.29, 1.82) is 0 Å². The fourth-order valence-electron chi connectivity index (χ4n) is 3.04. The van der Waals surface area contributed by atoms with Crippen LogP contribution in [0.4, 0.5) is 22.0 Å². The minimum absolute atomic E-state index is 0.232. The molecule has 22 heavy (non-hydrogen) atoms. The summed E-state index contributed by atoms with van der Waals surface area (Å²) in [5.74, 6) is -1.49. The molecule has 0 bridgehead atoms. The van der Waals surface area contributed by atoms with Gasteiger partial charge in [0, 0.05) is 6.61 Å². The lowest BCUT2D eigenvalue weighted by atomic mass is 10.0. The van der Waals surface area contributed by atoms with Crippen LogP contribution < -0.4 is 0 Å². The van der Waals surface area contributed by atoms with Gasteiger partial charge >= 0.3 is 6.18 Å². The van der Waals surface area contributed by atoms with E-state index in [0.29, 0.717) is 12.8 Å². The van der Waals surface area contributed by atoms with Crippen molar-refractivity contribution < 1.29 is 31.5 Å². The molecule has 0 saturated carbocycles. The first-order valence-corrected chi connectivity index (χ1v) is 6.85. The van der Waals surface area contributed by atoms with Crippen LogP contribution >= 0.6 is 0 Å². The van der Waals surface area contributed by atoms with Crippen LogP contribution in [0.5, 0.6) is 0 Å². The highest BCUT2D eigenvalue weighted by Crippen LogP contribution is 2.45. The lowest BCUT2D eigenvalue weighted by molar-refractivity contribution is -0.142. The molecule has 122 valence electrons. The second-order valence-electron chi connectivity index (χ2n) is 5.58. The minimum Gasteiger partial charge on any atom is -0.378 e. The van der Waals surface area contributed by atoms with Gasteiger partial charge < -0.3 is 4.74 Å². The van der Waals surface area contributed by atoms with E-state index < -0.39 is 47.3 Å². The molecule has 1 aromatic rings. The Morgan fingerprint density at radius 2 is 1.95 bits per heavy atom. The van der Waals surface area contributed by atoms with Gasteiger partial charge in [-0.1, -0.05) is 0 Å². The Hall–Kier alpha value is -1.51. The van der Waals surface area contributed by atoms with Gasteiger partial charge in [0.2, 0.25) is 5.78 Å². The van der Waals surface area contributed by atoms with Crippen molar-refractivity contribution in [1.82, 2.24) is 9.78 Å². The van der Waals surface area contributed by atoms with Gasteiger partial charge in [0.05, 0.1) is 23.4 Å². The van der Waals surface area contributed by atoms with Gasteiger partial charge in [-0.25, -0.2) is 8.78 Å². The standard InChI is InChI=1S/C13H13F5N2O2/c1-5-4-6(2-3-22-5)20-10-7(11(21)9(15)8(10)14)12(19-20)13(16,17)18/h5-6,8-9H,2-4H2,1H3/t5-,6+,8+,9-/m1/s1. The summed E-state index contributed by atoms with van der Waals surface area (Å²) >= 11 is 0. The molecule has 0 N–H and O–H groups in total.